The molecule has 0 N–H and O–H groups in total. The van der Waals surface area contributed by atoms with Gasteiger partial charge in [0.05, 0.1) is 20.6 Å². The third-order valence-electron chi connectivity index (χ3n) is 2.42. The van der Waals surface area contributed by atoms with Gasteiger partial charge in [0.1, 0.15) is 0 Å². The van der Waals surface area contributed by atoms with Gasteiger partial charge in [0.15, 0.2) is 0 Å². The molecule has 0 radical (unpaired) electrons. The highest BCUT2D eigenvalue weighted by Gasteiger charge is 2.44. The Balaban J connectivity index is 5.22. The van der Waals surface area contributed by atoms with Crippen LogP contribution in [0.2, 0.25) is 0 Å². The first-order chi connectivity index (χ1) is 8.32. The molecule has 102 valence electrons. The van der Waals surface area contributed by atoms with Crippen molar-refractivity contribution in [2.24, 2.45) is 0 Å². The van der Waals surface area contributed by atoms with E-state index in [0.29, 0.717) is 0 Å². The van der Waals surface area contributed by atoms with Crippen molar-refractivity contribution >= 4 is 17.9 Å². The number of hydrogen-bond acceptors (Lipinski definition) is 6. The van der Waals surface area contributed by atoms with Crippen molar-refractivity contribution in [3.63, 3.8) is 0 Å². The summed E-state index contributed by atoms with van der Waals surface area (Å²) in [5, 5.41) is 0. The van der Waals surface area contributed by atoms with E-state index in [1.165, 1.54) is 14.0 Å². The van der Waals surface area contributed by atoms with Crippen LogP contribution in [-0.2, 0) is 28.6 Å². The van der Waals surface area contributed by atoms with Gasteiger partial charge in [-0.15, -0.1) is 0 Å². The number of hydrogen-bond donors (Lipinski definition) is 0. The molecule has 18 heavy (non-hydrogen) atoms. The van der Waals surface area contributed by atoms with Gasteiger partial charge in [-0.25, -0.2) is 9.59 Å². The molecule has 0 amide bonds. The third-order valence-corrected chi connectivity index (χ3v) is 2.42. The maximum absolute atomic E-state index is 11.7. The van der Waals surface area contributed by atoms with Crippen LogP contribution in [0.3, 0.4) is 0 Å². The van der Waals surface area contributed by atoms with Crippen LogP contribution in [0.25, 0.3) is 0 Å². The molecule has 0 aromatic rings. The summed E-state index contributed by atoms with van der Waals surface area (Å²) >= 11 is 0. The van der Waals surface area contributed by atoms with E-state index in [1.54, 1.807) is 6.92 Å². The lowest BCUT2D eigenvalue weighted by molar-refractivity contribution is -0.183. The minimum atomic E-state index is -1.67. The van der Waals surface area contributed by atoms with Gasteiger partial charge in [-0.3, -0.25) is 4.79 Å². The van der Waals surface area contributed by atoms with Crippen molar-refractivity contribution in [1.82, 2.24) is 0 Å². The Labute approximate surface area is 106 Å². The van der Waals surface area contributed by atoms with Crippen molar-refractivity contribution in [1.29, 1.82) is 0 Å². The van der Waals surface area contributed by atoms with Crippen molar-refractivity contribution < 1.29 is 28.6 Å². The zero-order chi connectivity index (χ0) is 14.3. The summed E-state index contributed by atoms with van der Waals surface area (Å²) in [6.45, 7) is 6.46. The molecule has 0 aliphatic rings. The highest BCUT2D eigenvalue weighted by atomic mass is 16.6. The summed E-state index contributed by atoms with van der Waals surface area (Å²) in [6, 6.07) is 0. The summed E-state index contributed by atoms with van der Waals surface area (Å²) in [5.41, 5.74) is -1.54. The molecule has 0 fully saturated rings. The van der Waals surface area contributed by atoms with E-state index in [4.69, 9.17) is 4.74 Å². The van der Waals surface area contributed by atoms with Crippen LogP contribution in [0.5, 0.6) is 0 Å². The van der Waals surface area contributed by atoms with Crippen LogP contribution in [0.1, 0.15) is 26.7 Å². The lowest BCUT2D eigenvalue weighted by Crippen LogP contribution is -2.46. The van der Waals surface area contributed by atoms with Crippen molar-refractivity contribution in [2.75, 3.05) is 14.2 Å². The number of esters is 3. The lowest BCUT2D eigenvalue weighted by atomic mass is 9.96. The van der Waals surface area contributed by atoms with E-state index in [-0.39, 0.29) is 12.0 Å². The molecule has 0 aromatic carbocycles. The van der Waals surface area contributed by atoms with Gasteiger partial charge >= 0.3 is 17.9 Å². The number of methoxy groups -OCH3 is 2. The largest absolute Gasteiger partial charge is 0.469 e. The fourth-order valence-corrected chi connectivity index (χ4v) is 1.25. The van der Waals surface area contributed by atoms with E-state index >= 15 is 0 Å². The standard InChI is InChI=1S/C12H18O6/c1-6-12(11(15)17-5,7-9(13)16-4)18-10(14)8(2)3/h2,6-7H2,1,3-5H3. The smallest absolute Gasteiger partial charge is 0.350 e. The van der Waals surface area contributed by atoms with Gasteiger partial charge in [-0.2, -0.15) is 0 Å². The van der Waals surface area contributed by atoms with E-state index in [9.17, 15) is 14.4 Å². The second-order valence-corrected chi connectivity index (χ2v) is 3.76. The highest BCUT2D eigenvalue weighted by molar-refractivity contribution is 5.93. The van der Waals surface area contributed by atoms with Gasteiger partial charge in [-0.1, -0.05) is 13.5 Å². The van der Waals surface area contributed by atoms with Gasteiger partial charge in [0.2, 0.25) is 5.60 Å². The second-order valence-electron chi connectivity index (χ2n) is 3.76. The molecule has 0 spiro atoms. The Morgan fingerprint density at radius 1 is 1.17 bits per heavy atom. The molecule has 0 saturated carbocycles. The van der Waals surface area contributed by atoms with E-state index in [2.05, 4.69) is 16.1 Å². The minimum Gasteiger partial charge on any atom is -0.469 e. The van der Waals surface area contributed by atoms with Crippen LogP contribution in [-0.4, -0.2) is 37.7 Å². The average molecular weight is 258 g/mol. The number of carbonyl (C=O) groups excluding carboxylic acids is 3. The Bertz CT molecular complexity index is 360. The highest BCUT2D eigenvalue weighted by Crippen LogP contribution is 2.24. The second kappa shape index (κ2) is 6.78. The molecular formula is C12H18O6. The van der Waals surface area contributed by atoms with Crippen LogP contribution >= 0.6 is 0 Å². The molecule has 6 nitrogen and oxygen atoms in total. The van der Waals surface area contributed by atoms with E-state index in [1.807, 2.05) is 0 Å². The molecule has 0 aliphatic carbocycles. The minimum absolute atomic E-state index is 0.0911. The summed E-state index contributed by atoms with van der Waals surface area (Å²) in [5.74, 6) is -2.23. The predicted molar refractivity (Wildman–Crippen MR) is 62.6 cm³/mol. The van der Waals surface area contributed by atoms with Gasteiger partial charge in [-0.05, 0) is 13.3 Å². The summed E-state index contributed by atoms with van der Waals surface area (Å²) in [7, 11) is 2.33. The first-order valence-corrected chi connectivity index (χ1v) is 5.37. The zero-order valence-electron chi connectivity index (χ0n) is 11.1. The van der Waals surface area contributed by atoms with Crippen molar-refractivity contribution in [3.05, 3.63) is 12.2 Å². The first-order valence-electron chi connectivity index (χ1n) is 5.37. The Morgan fingerprint density at radius 2 is 1.72 bits per heavy atom. The topological polar surface area (TPSA) is 78.9 Å². The fraction of sp³-hybridized carbons (Fsp3) is 0.583. The Hall–Kier alpha value is -1.85. The number of ether oxygens (including phenoxy) is 3. The molecule has 1 atom stereocenters. The maximum atomic E-state index is 11.7. The fourth-order valence-electron chi connectivity index (χ4n) is 1.25. The number of carbonyl (C=O) groups is 3. The average Bonchev–Trinajstić information content (AvgIpc) is 2.36. The summed E-state index contributed by atoms with van der Waals surface area (Å²) < 4.78 is 14.1. The Kier molecular flexibility index (Phi) is 6.08. The van der Waals surface area contributed by atoms with Crippen LogP contribution < -0.4 is 0 Å². The number of rotatable bonds is 6. The molecular weight excluding hydrogens is 240 g/mol. The molecule has 0 heterocycles. The van der Waals surface area contributed by atoms with Gasteiger partial charge < -0.3 is 14.2 Å². The predicted octanol–water partition coefficient (Wildman–Crippen LogP) is 0.991. The van der Waals surface area contributed by atoms with Crippen molar-refractivity contribution in [2.45, 2.75) is 32.3 Å². The summed E-state index contributed by atoms with van der Waals surface area (Å²) in [6.07, 6.45) is -0.306. The molecule has 0 aliphatic heterocycles. The summed E-state index contributed by atoms with van der Waals surface area (Å²) in [4.78, 5) is 34.6. The lowest BCUT2D eigenvalue weighted by Gasteiger charge is -2.28. The molecule has 6 heteroatoms. The van der Waals surface area contributed by atoms with Crippen LogP contribution in [0.4, 0.5) is 0 Å². The Morgan fingerprint density at radius 3 is 2.06 bits per heavy atom. The van der Waals surface area contributed by atoms with Crippen LogP contribution in [0, 0.1) is 0 Å². The maximum Gasteiger partial charge on any atom is 0.350 e. The molecule has 0 aromatic heterocycles. The monoisotopic (exact) mass is 258 g/mol. The molecule has 1 unspecified atom stereocenters. The third kappa shape index (κ3) is 3.87. The zero-order valence-corrected chi connectivity index (χ0v) is 11.1. The van der Waals surface area contributed by atoms with Crippen molar-refractivity contribution in [3.8, 4) is 0 Å². The van der Waals surface area contributed by atoms with Crippen LogP contribution in [0.15, 0.2) is 12.2 Å². The van der Waals surface area contributed by atoms with Gasteiger partial charge in [0, 0.05) is 5.57 Å². The normalized spacial score (nSPS) is 13.1. The SMILES string of the molecule is C=C(C)C(=O)OC(CC)(CC(=O)OC)C(=O)OC. The van der Waals surface area contributed by atoms with E-state index < -0.39 is 29.9 Å². The first kappa shape index (κ1) is 16.1. The molecule has 0 bridgehead atoms. The van der Waals surface area contributed by atoms with Gasteiger partial charge in [0.25, 0.3) is 0 Å². The quantitative estimate of drug-likeness (QED) is 0.401. The molecule has 0 rings (SSSR count). The molecule has 0 saturated heterocycles. The van der Waals surface area contributed by atoms with E-state index in [0.717, 1.165) is 7.11 Å².